The maximum absolute atomic E-state index is 12.6. The van der Waals surface area contributed by atoms with Crippen LogP contribution in [0.1, 0.15) is 19.4 Å². The highest BCUT2D eigenvalue weighted by molar-refractivity contribution is 5.82. The molecule has 3 rings (SSSR count). The molecule has 136 valence electrons. The summed E-state index contributed by atoms with van der Waals surface area (Å²) in [4.78, 5) is 22.3. The van der Waals surface area contributed by atoms with E-state index in [0.717, 1.165) is 5.56 Å². The highest BCUT2D eigenvalue weighted by Crippen LogP contribution is 2.30. The van der Waals surface area contributed by atoms with Gasteiger partial charge in [0.05, 0.1) is 25.1 Å². The number of hydrogen-bond donors (Lipinski definition) is 1. The van der Waals surface area contributed by atoms with E-state index in [4.69, 9.17) is 9.47 Å². The van der Waals surface area contributed by atoms with E-state index in [1.54, 1.807) is 26.4 Å². The Morgan fingerprint density at radius 2 is 1.73 bits per heavy atom. The lowest BCUT2D eigenvalue weighted by atomic mass is 10.2. The zero-order chi connectivity index (χ0) is 18.7. The van der Waals surface area contributed by atoms with Gasteiger partial charge >= 0.3 is 0 Å². The van der Waals surface area contributed by atoms with Gasteiger partial charge in [-0.15, -0.1) is 0 Å². The van der Waals surface area contributed by atoms with Gasteiger partial charge in [-0.3, -0.25) is 9.78 Å². The standard InChI is InChI=1S/C20H23N3O3/c1-13(2)23(12-14-8-6-5-7-9-14)20-21-16-11-18(26-4)17(25-3)10-15(16)19(24)22-20/h5-11,13H,12H2,1-4H3,(H,21,22,24). The first-order valence-corrected chi connectivity index (χ1v) is 8.50. The summed E-state index contributed by atoms with van der Waals surface area (Å²) >= 11 is 0. The van der Waals surface area contributed by atoms with Gasteiger partial charge in [0.2, 0.25) is 5.95 Å². The largest absolute Gasteiger partial charge is 0.493 e. The monoisotopic (exact) mass is 353 g/mol. The Kier molecular flexibility index (Phi) is 5.11. The number of anilines is 1. The maximum Gasteiger partial charge on any atom is 0.260 e. The molecular formula is C20H23N3O3. The Hall–Kier alpha value is -3.02. The lowest BCUT2D eigenvalue weighted by Gasteiger charge is -2.27. The van der Waals surface area contributed by atoms with Crippen molar-refractivity contribution in [3.05, 3.63) is 58.4 Å². The predicted molar refractivity (Wildman–Crippen MR) is 103 cm³/mol. The molecule has 0 aliphatic carbocycles. The van der Waals surface area contributed by atoms with Crippen LogP contribution in [0.2, 0.25) is 0 Å². The second-order valence-electron chi connectivity index (χ2n) is 6.32. The van der Waals surface area contributed by atoms with Crippen molar-refractivity contribution in [2.45, 2.75) is 26.4 Å². The number of nitrogens with one attached hydrogen (secondary N) is 1. The molecule has 1 heterocycles. The summed E-state index contributed by atoms with van der Waals surface area (Å²) < 4.78 is 10.6. The number of ether oxygens (including phenoxy) is 2. The Bertz CT molecular complexity index is 952. The number of aromatic nitrogens is 2. The van der Waals surface area contributed by atoms with Crippen molar-refractivity contribution in [3.63, 3.8) is 0 Å². The summed E-state index contributed by atoms with van der Waals surface area (Å²) in [7, 11) is 3.10. The Balaban J connectivity index is 2.09. The van der Waals surface area contributed by atoms with Crippen molar-refractivity contribution in [1.82, 2.24) is 9.97 Å². The molecule has 6 nitrogen and oxygen atoms in total. The van der Waals surface area contributed by atoms with Crippen LogP contribution in [0.3, 0.4) is 0 Å². The second-order valence-corrected chi connectivity index (χ2v) is 6.32. The highest BCUT2D eigenvalue weighted by atomic mass is 16.5. The molecule has 1 N–H and O–H groups in total. The summed E-state index contributed by atoms with van der Waals surface area (Å²) in [6.45, 7) is 4.80. The number of aromatic amines is 1. The van der Waals surface area contributed by atoms with Gasteiger partial charge in [0.1, 0.15) is 0 Å². The van der Waals surface area contributed by atoms with Gasteiger partial charge in [-0.05, 0) is 25.5 Å². The first-order valence-electron chi connectivity index (χ1n) is 8.50. The Morgan fingerprint density at radius 1 is 1.08 bits per heavy atom. The molecule has 6 heteroatoms. The lowest BCUT2D eigenvalue weighted by Crippen LogP contribution is -2.33. The molecule has 0 amide bonds. The molecular weight excluding hydrogens is 330 g/mol. The smallest absolute Gasteiger partial charge is 0.260 e. The number of benzene rings is 2. The second kappa shape index (κ2) is 7.47. The van der Waals surface area contributed by atoms with Crippen LogP contribution in [-0.2, 0) is 6.54 Å². The van der Waals surface area contributed by atoms with Crippen LogP contribution in [0.4, 0.5) is 5.95 Å². The molecule has 0 bridgehead atoms. The van der Waals surface area contributed by atoms with E-state index in [2.05, 4.69) is 40.8 Å². The van der Waals surface area contributed by atoms with Gasteiger partial charge in [-0.25, -0.2) is 4.98 Å². The van der Waals surface area contributed by atoms with Gasteiger partial charge in [0.25, 0.3) is 5.56 Å². The normalized spacial score (nSPS) is 11.0. The summed E-state index contributed by atoms with van der Waals surface area (Å²) in [5.41, 5.74) is 1.51. The minimum atomic E-state index is -0.204. The van der Waals surface area contributed by atoms with Crippen LogP contribution >= 0.6 is 0 Å². The Labute approximate surface area is 152 Å². The van der Waals surface area contributed by atoms with Crippen LogP contribution < -0.4 is 19.9 Å². The third-order valence-corrected chi connectivity index (χ3v) is 4.29. The molecule has 0 spiro atoms. The van der Waals surface area contributed by atoms with E-state index in [1.807, 2.05) is 18.2 Å². The summed E-state index contributed by atoms with van der Waals surface area (Å²) in [5, 5.41) is 0.467. The van der Waals surface area contributed by atoms with Gasteiger partial charge in [-0.1, -0.05) is 30.3 Å². The quantitative estimate of drug-likeness (QED) is 0.736. The Morgan fingerprint density at radius 3 is 2.35 bits per heavy atom. The maximum atomic E-state index is 12.6. The van der Waals surface area contributed by atoms with Crippen molar-refractivity contribution >= 4 is 16.9 Å². The van der Waals surface area contributed by atoms with Crippen LogP contribution in [0.5, 0.6) is 11.5 Å². The third-order valence-electron chi connectivity index (χ3n) is 4.29. The molecule has 0 radical (unpaired) electrons. The number of hydrogen-bond acceptors (Lipinski definition) is 5. The molecule has 0 saturated carbocycles. The number of rotatable bonds is 6. The van der Waals surface area contributed by atoms with Crippen molar-refractivity contribution < 1.29 is 9.47 Å². The summed E-state index contributed by atoms with van der Waals surface area (Å²) in [6, 6.07) is 13.7. The van der Waals surface area contributed by atoms with Crippen molar-refractivity contribution in [2.24, 2.45) is 0 Å². The van der Waals surface area contributed by atoms with Crippen LogP contribution in [0.15, 0.2) is 47.3 Å². The van der Waals surface area contributed by atoms with E-state index in [-0.39, 0.29) is 11.6 Å². The van der Waals surface area contributed by atoms with Gasteiger partial charge in [-0.2, -0.15) is 0 Å². The van der Waals surface area contributed by atoms with Gasteiger partial charge in [0.15, 0.2) is 11.5 Å². The minimum absolute atomic E-state index is 0.163. The van der Waals surface area contributed by atoms with E-state index in [0.29, 0.717) is 34.9 Å². The number of H-pyrrole nitrogens is 1. The fraction of sp³-hybridized carbons (Fsp3) is 0.300. The van der Waals surface area contributed by atoms with Crippen molar-refractivity contribution in [3.8, 4) is 11.5 Å². The molecule has 0 aliphatic rings. The molecule has 0 fully saturated rings. The van der Waals surface area contributed by atoms with E-state index in [1.165, 1.54) is 0 Å². The first-order chi connectivity index (χ1) is 12.5. The highest BCUT2D eigenvalue weighted by Gasteiger charge is 2.17. The SMILES string of the molecule is COc1cc2nc(N(Cc3ccccc3)C(C)C)[nH]c(=O)c2cc1OC. The van der Waals surface area contributed by atoms with E-state index >= 15 is 0 Å². The van der Waals surface area contributed by atoms with E-state index < -0.39 is 0 Å². The lowest BCUT2D eigenvalue weighted by molar-refractivity contribution is 0.355. The topological polar surface area (TPSA) is 67.5 Å². The van der Waals surface area contributed by atoms with Crippen molar-refractivity contribution in [2.75, 3.05) is 19.1 Å². The van der Waals surface area contributed by atoms with Gasteiger partial charge in [0, 0.05) is 18.7 Å². The summed E-state index contributed by atoms with van der Waals surface area (Å²) in [5.74, 6) is 1.59. The fourth-order valence-electron chi connectivity index (χ4n) is 2.87. The molecule has 1 aromatic heterocycles. The molecule has 3 aromatic rings. The van der Waals surface area contributed by atoms with Crippen LogP contribution in [-0.4, -0.2) is 30.2 Å². The van der Waals surface area contributed by atoms with Crippen LogP contribution in [0.25, 0.3) is 10.9 Å². The molecule has 0 atom stereocenters. The predicted octanol–water partition coefficient (Wildman–Crippen LogP) is 3.36. The molecule has 2 aromatic carbocycles. The first kappa shape index (κ1) is 17.8. The number of nitrogens with zero attached hydrogens (tertiary/aromatic N) is 2. The molecule has 26 heavy (non-hydrogen) atoms. The molecule has 0 aliphatic heterocycles. The molecule has 0 saturated heterocycles. The number of methoxy groups -OCH3 is 2. The molecule has 0 unspecified atom stereocenters. The van der Waals surface area contributed by atoms with Gasteiger partial charge < -0.3 is 14.4 Å². The van der Waals surface area contributed by atoms with E-state index in [9.17, 15) is 4.79 Å². The fourth-order valence-corrected chi connectivity index (χ4v) is 2.87. The average Bonchev–Trinajstić information content (AvgIpc) is 2.65. The third kappa shape index (κ3) is 3.49. The minimum Gasteiger partial charge on any atom is -0.493 e. The van der Waals surface area contributed by atoms with Crippen LogP contribution in [0, 0.1) is 0 Å². The van der Waals surface area contributed by atoms with Crippen molar-refractivity contribution in [1.29, 1.82) is 0 Å². The summed E-state index contributed by atoms with van der Waals surface area (Å²) in [6.07, 6.45) is 0. The zero-order valence-corrected chi connectivity index (χ0v) is 15.4. The zero-order valence-electron chi connectivity index (χ0n) is 15.4. The average molecular weight is 353 g/mol. The number of fused-ring (bicyclic) bond motifs is 1.